The van der Waals surface area contributed by atoms with Gasteiger partial charge in [-0.15, -0.1) is 10.2 Å². The first-order chi connectivity index (χ1) is 14.6. The summed E-state index contributed by atoms with van der Waals surface area (Å²) < 4.78 is 7.30. The Hall–Kier alpha value is -3.07. The van der Waals surface area contributed by atoms with E-state index in [2.05, 4.69) is 15.5 Å². The van der Waals surface area contributed by atoms with E-state index in [1.165, 1.54) is 11.8 Å². The number of aromatic nitrogens is 3. The first-order valence-electron chi connectivity index (χ1n) is 9.86. The lowest BCUT2D eigenvalue weighted by molar-refractivity contribution is -0.113. The largest absolute Gasteiger partial charge is 0.461 e. The van der Waals surface area contributed by atoms with Crippen molar-refractivity contribution in [1.29, 1.82) is 0 Å². The Morgan fingerprint density at radius 2 is 1.83 bits per heavy atom. The number of rotatable bonds is 9. The van der Waals surface area contributed by atoms with Gasteiger partial charge in [0.2, 0.25) is 5.91 Å². The number of nitrogens with zero attached hydrogens (tertiary/aromatic N) is 4. The summed E-state index contributed by atoms with van der Waals surface area (Å²) in [6.07, 6.45) is 1.59. The summed E-state index contributed by atoms with van der Waals surface area (Å²) in [6.45, 7) is 7.87. The topological polar surface area (TPSA) is 93.3 Å². The van der Waals surface area contributed by atoms with E-state index in [0.717, 1.165) is 0 Å². The first-order valence-corrected chi connectivity index (χ1v) is 10.8. The number of carbonyl (C=O) groups is 2. The third-order valence-electron chi connectivity index (χ3n) is 4.57. The Morgan fingerprint density at radius 1 is 1.10 bits per heavy atom. The van der Waals surface area contributed by atoms with Crippen LogP contribution in [0.5, 0.6) is 0 Å². The third-order valence-corrected chi connectivity index (χ3v) is 5.54. The average Bonchev–Trinajstić information content (AvgIpc) is 3.43. The molecule has 0 spiro atoms. The number of furan rings is 1. The molecule has 2 aromatic heterocycles. The fourth-order valence-electron chi connectivity index (χ4n) is 2.99. The summed E-state index contributed by atoms with van der Waals surface area (Å²) in [5, 5.41) is 11.9. The van der Waals surface area contributed by atoms with E-state index in [0.29, 0.717) is 47.6 Å². The fraction of sp³-hybridized carbons (Fsp3) is 0.333. The van der Waals surface area contributed by atoms with Gasteiger partial charge in [0.1, 0.15) is 0 Å². The highest BCUT2D eigenvalue weighted by molar-refractivity contribution is 7.99. The molecule has 2 amide bonds. The van der Waals surface area contributed by atoms with Gasteiger partial charge in [0, 0.05) is 30.9 Å². The molecule has 0 radical (unpaired) electrons. The molecule has 3 rings (SSSR count). The van der Waals surface area contributed by atoms with Crippen LogP contribution in [-0.2, 0) is 11.3 Å². The van der Waals surface area contributed by atoms with Gasteiger partial charge in [0.05, 0.1) is 12.0 Å². The smallest absolute Gasteiger partial charge is 0.253 e. The Balaban J connectivity index is 1.58. The fourth-order valence-corrected chi connectivity index (χ4v) is 3.79. The van der Waals surface area contributed by atoms with Gasteiger partial charge in [-0.3, -0.25) is 14.2 Å². The average molecular weight is 428 g/mol. The van der Waals surface area contributed by atoms with Crippen molar-refractivity contribution in [2.45, 2.75) is 32.5 Å². The van der Waals surface area contributed by atoms with Crippen molar-refractivity contribution in [2.24, 2.45) is 0 Å². The van der Waals surface area contributed by atoms with E-state index in [4.69, 9.17) is 4.42 Å². The van der Waals surface area contributed by atoms with Crippen molar-refractivity contribution < 1.29 is 14.0 Å². The number of anilines is 1. The number of hydrogen-bond acceptors (Lipinski definition) is 6. The summed E-state index contributed by atoms with van der Waals surface area (Å²) in [4.78, 5) is 26.5. The van der Waals surface area contributed by atoms with Crippen molar-refractivity contribution in [3.63, 3.8) is 0 Å². The van der Waals surface area contributed by atoms with Crippen LogP contribution in [0.4, 0.5) is 5.69 Å². The van der Waals surface area contributed by atoms with E-state index < -0.39 is 0 Å². The van der Waals surface area contributed by atoms with Gasteiger partial charge in [0.15, 0.2) is 16.7 Å². The van der Waals surface area contributed by atoms with E-state index in [-0.39, 0.29) is 17.6 Å². The molecule has 2 heterocycles. The maximum absolute atomic E-state index is 12.4. The zero-order valence-electron chi connectivity index (χ0n) is 17.3. The van der Waals surface area contributed by atoms with Gasteiger partial charge >= 0.3 is 0 Å². The van der Waals surface area contributed by atoms with Crippen LogP contribution in [0.15, 0.2) is 52.2 Å². The normalized spacial score (nSPS) is 10.8. The Kier molecular flexibility index (Phi) is 7.29. The van der Waals surface area contributed by atoms with Crippen LogP contribution in [-0.4, -0.2) is 50.3 Å². The summed E-state index contributed by atoms with van der Waals surface area (Å²) in [5.74, 6) is 1.29. The van der Waals surface area contributed by atoms with Gasteiger partial charge in [-0.2, -0.15) is 0 Å². The second-order valence-electron chi connectivity index (χ2n) is 6.42. The molecule has 9 heteroatoms. The van der Waals surface area contributed by atoms with Gasteiger partial charge in [-0.25, -0.2) is 0 Å². The van der Waals surface area contributed by atoms with E-state index >= 15 is 0 Å². The molecule has 0 aliphatic heterocycles. The van der Waals surface area contributed by atoms with Crippen molar-refractivity contribution in [1.82, 2.24) is 19.7 Å². The van der Waals surface area contributed by atoms with Crippen LogP contribution in [0, 0.1) is 0 Å². The third kappa shape index (κ3) is 4.91. The van der Waals surface area contributed by atoms with Gasteiger partial charge in [-0.05, 0) is 57.2 Å². The molecule has 0 bridgehead atoms. The SMILES string of the molecule is CCN(CC)C(=O)c1ccc(NC(=O)CSc2nnc(-c3ccco3)n2CC)cc1. The molecular formula is C21H25N5O3S. The Bertz CT molecular complexity index is 979. The van der Waals surface area contributed by atoms with E-state index in [9.17, 15) is 9.59 Å². The predicted molar refractivity (Wildman–Crippen MR) is 116 cm³/mol. The van der Waals surface area contributed by atoms with E-state index in [1.54, 1.807) is 41.5 Å². The molecule has 0 saturated carbocycles. The first kappa shape index (κ1) is 21.6. The van der Waals surface area contributed by atoms with Crippen LogP contribution in [0.1, 0.15) is 31.1 Å². The Morgan fingerprint density at radius 3 is 2.43 bits per heavy atom. The predicted octanol–water partition coefficient (Wildman–Crippen LogP) is 3.77. The van der Waals surface area contributed by atoms with E-state index in [1.807, 2.05) is 31.4 Å². The highest BCUT2D eigenvalue weighted by atomic mass is 32.2. The summed E-state index contributed by atoms with van der Waals surface area (Å²) in [7, 11) is 0. The molecule has 30 heavy (non-hydrogen) atoms. The second-order valence-corrected chi connectivity index (χ2v) is 7.36. The van der Waals surface area contributed by atoms with Crippen molar-refractivity contribution in [3.8, 4) is 11.6 Å². The van der Waals surface area contributed by atoms with Crippen LogP contribution < -0.4 is 5.32 Å². The lowest BCUT2D eigenvalue weighted by Gasteiger charge is -2.18. The lowest BCUT2D eigenvalue weighted by Crippen LogP contribution is -2.30. The zero-order chi connectivity index (χ0) is 21.5. The van der Waals surface area contributed by atoms with Crippen molar-refractivity contribution in [3.05, 3.63) is 48.2 Å². The molecule has 1 aromatic carbocycles. The highest BCUT2D eigenvalue weighted by Gasteiger charge is 2.16. The molecule has 8 nitrogen and oxygen atoms in total. The van der Waals surface area contributed by atoms with Crippen LogP contribution in [0.3, 0.4) is 0 Å². The van der Waals surface area contributed by atoms with Crippen LogP contribution >= 0.6 is 11.8 Å². The molecule has 0 aliphatic rings. The molecule has 1 N–H and O–H groups in total. The van der Waals surface area contributed by atoms with Gasteiger partial charge in [-0.1, -0.05) is 11.8 Å². The molecule has 0 unspecified atom stereocenters. The number of nitrogens with one attached hydrogen (secondary N) is 1. The molecule has 0 saturated heterocycles. The minimum absolute atomic E-state index is 0.0142. The molecule has 0 atom stereocenters. The van der Waals surface area contributed by atoms with Crippen molar-refractivity contribution in [2.75, 3.05) is 24.2 Å². The number of benzene rings is 1. The highest BCUT2D eigenvalue weighted by Crippen LogP contribution is 2.24. The number of thioether (sulfide) groups is 1. The maximum Gasteiger partial charge on any atom is 0.253 e. The lowest BCUT2D eigenvalue weighted by atomic mass is 10.2. The quantitative estimate of drug-likeness (QED) is 0.523. The standard InChI is InChI=1S/C21H25N5O3S/c1-4-25(5-2)20(28)15-9-11-16(12-10-15)22-18(27)14-30-21-24-23-19(26(21)6-3)17-8-7-13-29-17/h7-13H,4-6,14H2,1-3H3,(H,22,27). The van der Waals surface area contributed by atoms with Crippen molar-refractivity contribution >= 4 is 29.3 Å². The molecule has 3 aromatic rings. The summed E-state index contributed by atoms with van der Waals surface area (Å²) in [5.41, 5.74) is 1.25. The maximum atomic E-state index is 12.4. The van der Waals surface area contributed by atoms with Crippen LogP contribution in [0.25, 0.3) is 11.6 Å². The minimum atomic E-state index is -0.159. The molecular weight excluding hydrogens is 402 g/mol. The number of amides is 2. The minimum Gasteiger partial charge on any atom is -0.461 e. The molecule has 158 valence electrons. The zero-order valence-corrected chi connectivity index (χ0v) is 18.1. The van der Waals surface area contributed by atoms with Crippen LogP contribution in [0.2, 0.25) is 0 Å². The summed E-state index contributed by atoms with van der Waals surface area (Å²) in [6, 6.07) is 10.6. The monoisotopic (exact) mass is 427 g/mol. The number of hydrogen-bond donors (Lipinski definition) is 1. The Labute approximate surface area is 179 Å². The van der Waals surface area contributed by atoms with Gasteiger partial charge in [0.25, 0.3) is 5.91 Å². The second kappa shape index (κ2) is 10.1. The number of carbonyl (C=O) groups excluding carboxylic acids is 2. The molecule has 0 aliphatic carbocycles. The summed E-state index contributed by atoms with van der Waals surface area (Å²) >= 11 is 1.31. The van der Waals surface area contributed by atoms with Gasteiger partial charge < -0.3 is 14.6 Å². The molecule has 0 fully saturated rings.